The number of carbonyl (C=O) groups excluding carboxylic acids is 3. The Balaban J connectivity index is 1.52. The van der Waals surface area contributed by atoms with E-state index in [0.29, 0.717) is 34.1 Å². The van der Waals surface area contributed by atoms with Crippen LogP contribution in [0.25, 0.3) is 5.76 Å². The molecule has 5 rings (SSSR count). The molecule has 1 aliphatic rings. The van der Waals surface area contributed by atoms with Crippen LogP contribution in [0.3, 0.4) is 0 Å². The Morgan fingerprint density at radius 3 is 2.35 bits per heavy atom. The molecule has 1 fully saturated rings. The summed E-state index contributed by atoms with van der Waals surface area (Å²) >= 11 is 1.01. The Bertz CT molecular complexity index is 1650. The monoisotopic (exact) mass is 554 g/mol. The SMILES string of the molecule is CC(=O)c1sc(N2C(=O)C(=O)/C(=C(/O)c3ccc(OCc4cccc(C)c4)cc3)C2c2ccc(O)cc2)nc1C. The highest BCUT2D eigenvalue weighted by Gasteiger charge is 2.48. The van der Waals surface area contributed by atoms with Gasteiger partial charge in [-0.15, -0.1) is 0 Å². The van der Waals surface area contributed by atoms with Crippen LogP contribution in [-0.4, -0.2) is 32.7 Å². The molecule has 202 valence electrons. The van der Waals surface area contributed by atoms with E-state index in [-0.39, 0.29) is 28.0 Å². The first kappa shape index (κ1) is 26.8. The van der Waals surface area contributed by atoms with Crippen LogP contribution in [0.15, 0.2) is 78.4 Å². The van der Waals surface area contributed by atoms with Crippen LogP contribution in [0.4, 0.5) is 5.13 Å². The zero-order valence-corrected chi connectivity index (χ0v) is 22.9. The molecule has 3 aromatic carbocycles. The minimum Gasteiger partial charge on any atom is -0.508 e. The number of thiazole rings is 1. The van der Waals surface area contributed by atoms with Gasteiger partial charge in [-0.3, -0.25) is 19.3 Å². The number of aromatic hydroxyl groups is 1. The number of phenols is 1. The Morgan fingerprint density at radius 2 is 1.73 bits per heavy atom. The van der Waals surface area contributed by atoms with Gasteiger partial charge in [0.25, 0.3) is 5.78 Å². The Morgan fingerprint density at radius 1 is 1.02 bits per heavy atom. The Labute approximate surface area is 234 Å². The Hall–Kier alpha value is -4.76. The van der Waals surface area contributed by atoms with E-state index in [2.05, 4.69) is 4.98 Å². The lowest BCUT2D eigenvalue weighted by Gasteiger charge is -2.23. The Kier molecular flexibility index (Phi) is 7.23. The molecule has 0 aliphatic carbocycles. The van der Waals surface area contributed by atoms with Crippen molar-refractivity contribution in [2.75, 3.05) is 4.90 Å². The number of anilines is 1. The van der Waals surface area contributed by atoms with E-state index in [1.165, 1.54) is 24.0 Å². The molecule has 4 aromatic rings. The number of hydrogen-bond donors (Lipinski definition) is 2. The highest BCUT2D eigenvalue weighted by molar-refractivity contribution is 7.18. The quantitative estimate of drug-likeness (QED) is 0.127. The molecule has 2 N–H and O–H groups in total. The molecular weight excluding hydrogens is 528 g/mol. The molecule has 1 atom stereocenters. The second-order valence-electron chi connectivity index (χ2n) is 9.53. The van der Waals surface area contributed by atoms with E-state index in [1.807, 2.05) is 31.2 Å². The number of hydrogen-bond acceptors (Lipinski definition) is 8. The number of ketones is 2. The highest BCUT2D eigenvalue weighted by atomic mass is 32.1. The van der Waals surface area contributed by atoms with E-state index in [0.717, 1.165) is 22.5 Å². The smallest absolute Gasteiger partial charge is 0.301 e. The summed E-state index contributed by atoms with van der Waals surface area (Å²) in [6.07, 6.45) is 0. The second-order valence-corrected chi connectivity index (χ2v) is 10.5. The lowest BCUT2D eigenvalue weighted by Crippen LogP contribution is -2.29. The predicted molar refractivity (Wildman–Crippen MR) is 152 cm³/mol. The first-order valence-corrected chi connectivity index (χ1v) is 13.3. The molecule has 2 heterocycles. The van der Waals surface area contributed by atoms with Gasteiger partial charge in [-0.25, -0.2) is 4.98 Å². The average Bonchev–Trinajstić information content (AvgIpc) is 3.44. The van der Waals surface area contributed by atoms with E-state index < -0.39 is 17.7 Å². The predicted octanol–water partition coefficient (Wildman–Crippen LogP) is 5.87. The fraction of sp³-hybridized carbons (Fsp3) is 0.161. The number of carbonyl (C=O) groups is 3. The normalized spacial score (nSPS) is 16.4. The first-order valence-electron chi connectivity index (χ1n) is 12.5. The number of Topliss-reactive ketones (excluding diaryl/α,β-unsaturated/α-hetero) is 2. The van der Waals surface area contributed by atoms with Crippen molar-refractivity contribution >= 4 is 39.7 Å². The van der Waals surface area contributed by atoms with E-state index in [9.17, 15) is 24.6 Å². The van der Waals surface area contributed by atoms with Crippen molar-refractivity contribution in [2.24, 2.45) is 0 Å². The summed E-state index contributed by atoms with van der Waals surface area (Å²) in [5, 5.41) is 21.4. The van der Waals surface area contributed by atoms with Crippen LogP contribution >= 0.6 is 11.3 Å². The summed E-state index contributed by atoms with van der Waals surface area (Å²) < 4.78 is 5.87. The summed E-state index contributed by atoms with van der Waals surface area (Å²) in [4.78, 5) is 44.7. The number of amides is 1. The summed E-state index contributed by atoms with van der Waals surface area (Å²) in [5.74, 6) is -1.74. The van der Waals surface area contributed by atoms with Gasteiger partial charge in [0.05, 0.1) is 22.2 Å². The van der Waals surface area contributed by atoms with E-state index >= 15 is 0 Å². The lowest BCUT2D eigenvalue weighted by molar-refractivity contribution is -0.132. The molecule has 1 aromatic heterocycles. The zero-order valence-electron chi connectivity index (χ0n) is 22.0. The number of aryl methyl sites for hydroxylation is 2. The van der Waals surface area contributed by atoms with Crippen molar-refractivity contribution in [3.63, 3.8) is 0 Å². The van der Waals surface area contributed by atoms with Crippen LogP contribution in [0, 0.1) is 13.8 Å². The third kappa shape index (κ3) is 5.11. The van der Waals surface area contributed by atoms with Gasteiger partial charge in [0.2, 0.25) is 0 Å². The fourth-order valence-corrected chi connectivity index (χ4v) is 5.64. The molecule has 1 aliphatic heterocycles. The number of phenolic OH excluding ortho intramolecular Hbond substituents is 1. The molecule has 1 saturated heterocycles. The van der Waals surface area contributed by atoms with Gasteiger partial charge in [-0.1, -0.05) is 53.3 Å². The molecular formula is C31H26N2O6S. The number of aliphatic hydroxyl groups excluding tert-OH is 1. The van der Waals surface area contributed by atoms with Crippen molar-refractivity contribution < 1.29 is 29.3 Å². The molecule has 0 spiro atoms. The van der Waals surface area contributed by atoms with Crippen molar-refractivity contribution in [3.05, 3.63) is 111 Å². The van der Waals surface area contributed by atoms with Gasteiger partial charge in [-0.2, -0.15) is 0 Å². The molecule has 0 bridgehead atoms. The van der Waals surface area contributed by atoms with Crippen LogP contribution in [0.5, 0.6) is 11.5 Å². The molecule has 40 heavy (non-hydrogen) atoms. The fourth-order valence-electron chi connectivity index (χ4n) is 4.65. The van der Waals surface area contributed by atoms with Crippen LogP contribution in [0.2, 0.25) is 0 Å². The van der Waals surface area contributed by atoms with Crippen molar-refractivity contribution in [2.45, 2.75) is 33.4 Å². The number of benzene rings is 3. The number of aromatic nitrogens is 1. The summed E-state index contributed by atoms with van der Waals surface area (Å²) in [6.45, 7) is 5.44. The maximum Gasteiger partial charge on any atom is 0.301 e. The van der Waals surface area contributed by atoms with Crippen molar-refractivity contribution in [1.82, 2.24) is 4.98 Å². The molecule has 0 radical (unpaired) electrons. The van der Waals surface area contributed by atoms with Gasteiger partial charge in [0.15, 0.2) is 10.9 Å². The number of aliphatic hydroxyl groups is 1. The minimum atomic E-state index is -1.02. The van der Waals surface area contributed by atoms with Gasteiger partial charge in [0.1, 0.15) is 23.9 Å². The number of nitrogens with zero attached hydrogens (tertiary/aromatic N) is 2. The van der Waals surface area contributed by atoms with Crippen LogP contribution < -0.4 is 9.64 Å². The lowest BCUT2D eigenvalue weighted by atomic mass is 9.95. The molecule has 1 amide bonds. The van der Waals surface area contributed by atoms with E-state index in [1.54, 1.807) is 43.3 Å². The minimum absolute atomic E-state index is 0.00547. The van der Waals surface area contributed by atoms with Gasteiger partial charge < -0.3 is 14.9 Å². The van der Waals surface area contributed by atoms with Crippen LogP contribution in [0.1, 0.15) is 50.6 Å². The van der Waals surface area contributed by atoms with Gasteiger partial charge in [0, 0.05) is 12.5 Å². The average molecular weight is 555 g/mol. The topological polar surface area (TPSA) is 117 Å². The molecule has 8 nitrogen and oxygen atoms in total. The third-order valence-electron chi connectivity index (χ3n) is 6.58. The van der Waals surface area contributed by atoms with Crippen molar-refractivity contribution in [3.8, 4) is 11.5 Å². The number of ether oxygens (including phenoxy) is 1. The number of rotatable bonds is 7. The second kappa shape index (κ2) is 10.8. The molecule has 1 unspecified atom stereocenters. The highest BCUT2D eigenvalue weighted by Crippen LogP contribution is 2.44. The van der Waals surface area contributed by atoms with Gasteiger partial charge >= 0.3 is 5.91 Å². The molecule has 0 saturated carbocycles. The molecule has 9 heteroatoms. The maximum absolute atomic E-state index is 13.4. The summed E-state index contributed by atoms with van der Waals surface area (Å²) in [6, 6.07) is 19.5. The summed E-state index contributed by atoms with van der Waals surface area (Å²) in [7, 11) is 0. The third-order valence-corrected chi connectivity index (χ3v) is 7.84. The summed E-state index contributed by atoms with van der Waals surface area (Å²) in [5.41, 5.74) is 3.28. The van der Waals surface area contributed by atoms with Gasteiger partial charge in [-0.05, 0) is 61.4 Å². The zero-order chi connectivity index (χ0) is 28.6. The van der Waals surface area contributed by atoms with Crippen LogP contribution in [-0.2, 0) is 16.2 Å². The first-order chi connectivity index (χ1) is 19.1. The maximum atomic E-state index is 13.4. The largest absolute Gasteiger partial charge is 0.508 e. The van der Waals surface area contributed by atoms with Crippen molar-refractivity contribution in [1.29, 1.82) is 0 Å². The van der Waals surface area contributed by atoms with E-state index in [4.69, 9.17) is 4.74 Å². The standard InChI is InChI=1S/C31H26N2O6S/c1-17-5-4-6-20(15-17)16-39-24-13-9-22(10-14-24)27(36)25-26(21-7-11-23(35)12-8-21)33(30(38)28(25)37)31-32-18(2)29(40-31)19(3)34/h4-15,26,35-36H,16H2,1-3H3/b27-25+.